The van der Waals surface area contributed by atoms with Gasteiger partial charge in [0.1, 0.15) is 0 Å². The lowest BCUT2D eigenvalue weighted by atomic mass is 10.1. The molecule has 1 rings (SSSR count). The van der Waals surface area contributed by atoms with Crippen LogP contribution in [0.1, 0.15) is 23.7 Å². The molecule has 0 bridgehead atoms. The number of methoxy groups -OCH3 is 1. The van der Waals surface area contributed by atoms with Crippen molar-refractivity contribution in [2.45, 2.75) is 13.3 Å². The SMILES string of the molecule is COc1c(C(=O)NCC(C)CCBr)cccc1[N+](=O)[O-]. The van der Waals surface area contributed by atoms with E-state index < -0.39 is 4.92 Å². The summed E-state index contributed by atoms with van der Waals surface area (Å²) in [6.07, 6.45) is 0.937. The van der Waals surface area contributed by atoms with Gasteiger partial charge in [-0.05, 0) is 18.4 Å². The van der Waals surface area contributed by atoms with Crippen molar-refractivity contribution in [3.63, 3.8) is 0 Å². The maximum Gasteiger partial charge on any atom is 0.311 e. The Hall–Kier alpha value is -1.63. The van der Waals surface area contributed by atoms with E-state index in [1.165, 1.54) is 25.3 Å². The van der Waals surface area contributed by atoms with E-state index in [1.807, 2.05) is 6.92 Å². The van der Waals surface area contributed by atoms with E-state index in [9.17, 15) is 14.9 Å². The molecule has 110 valence electrons. The fourth-order valence-corrected chi connectivity index (χ4v) is 2.49. The fourth-order valence-electron chi connectivity index (χ4n) is 1.71. The average Bonchev–Trinajstić information content (AvgIpc) is 2.44. The standard InChI is InChI=1S/C13H17BrN2O4/c1-9(6-7-14)8-15-13(17)10-4-3-5-11(16(18)19)12(10)20-2/h3-5,9H,6-8H2,1-2H3,(H,15,17). The van der Waals surface area contributed by atoms with Crippen molar-refractivity contribution in [3.05, 3.63) is 33.9 Å². The van der Waals surface area contributed by atoms with Gasteiger partial charge in [0, 0.05) is 17.9 Å². The molecule has 0 saturated carbocycles. The molecule has 0 spiro atoms. The van der Waals surface area contributed by atoms with Gasteiger partial charge >= 0.3 is 5.69 Å². The highest BCUT2D eigenvalue weighted by molar-refractivity contribution is 9.09. The first-order valence-corrected chi connectivity index (χ1v) is 7.29. The third-order valence-corrected chi connectivity index (χ3v) is 3.31. The first kappa shape index (κ1) is 16.4. The molecule has 0 aliphatic rings. The van der Waals surface area contributed by atoms with Gasteiger partial charge in [-0.2, -0.15) is 0 Å². The molecule has 6 nitrogen and oxygen atoms in total. The third kappa shape index (κ3) is 4.19. The number of carbonyl (C=O) groups excluding carboxylic acids is 1. The number of rotatable bonds is 7. The van der Waals surface area contributed by atoms with Crippen LogP contribution in [0.2, 0.25) is 0 Å². The zero-order valence-corrected chi connectivity index (χ0v) is 13.0. The summed E-state index contributed by atoms with van der Waals surface area (Å²) >= 11 is 3.34. The van der Waals surface area contributed by atoms with E-state index >= 15 is 0 Å². The quantitative estimate of drug-likeness (QED) is 0.468. The third-order valence-electron chi connectivity index (χ3n) is 2.85. The van der Waals surface area contributed by atoms with Crippen LogP contribution in [0.5, 0.6) is 5.75 Å². The Kier molecular flexibility index (Phi) is 6.44. The first-order valence-electron chi connectivity index (χ1n) is 6.16. The molecule has 0 aromatic heterocycles. The molecule has 0 heterocycles. The molecule has 0 saturated heterocycles. The summed E-state index contributed by atoms with van der Waals surface area (Å²) in [5, 5.41) is 14.5. The van der Waals surface area contributed by atoms with Gasteiger partial charge in [-0.25, -0.2) is 0 Å². The Balaban J connectivity index is 2.87. The lowest BCUT2D eigenvalue weighted by molar-refractivity contribution is -0.385. The minimum Gasteiger partial charge on any atom is -0.490 e. The van der Waals surface area contributed by atoms with Crippen LogP contribution >= 0.6 is 15.9 Å². The summed E-state index contributed by atoms with van der Waals surface area (Å²) in [6.45, 7) is 2.53. The second-order valence-electron chi connectivity index (χ2n) is 4.41. The number of nitrogens with one attached hydrogen (secondary N) is 1. The zero-order valence-electron chi connectivity index (χ0n) is 11.4. The van der Waals surface area contributed by atoms with E-state index in [4.69, 9.17) is 4.74 Å². The molecule has 1 aromatic carbocycles. The van der Waals surface area contributed by atoms with Crippen molar-refractivity contribution < 1.29 is 14.5 Å². The maximum atomic E-state index is 12.1. The number of amides is 1. The smallest absolute Gasteiger partial charge is 0.311 e. The Morgan fingerprint density at radius 1 is 1.55 bits per heavy atom. The number of ether oxygens (including phenoxy) is 1. The predicted molar refractivity (Wildman–Crippen MR) is 79.6 cm³/mol. The van der Waals surface area contributed by atoms with E-state index in [2.05, 4.69) is 21.2 Å². The molecule has 1 aromatic rings. The molecule has 0 fully saturated rings. The number of hydrogen-bond donors (Lipinski definition) is 1. The number of alkyl halides is 1. The number of nitro groups is 1. The summed E-state index contributed by atoms with van der Waals surface area (Å²) in [5.74, 6) is -0.0573. The average molecular weight is 345 g/mol. The van der Waals surface area contributed by atoms with Gasteiger partial charge in [0.25, 0.3) is 5.91 Å². The Bertz CT molecular complexity index is 493. The van der Waals surface area contributed by atoms with Crippen LogP contribution in [0.15, 0.2) is 18.2 Å². The highest BCUT2D eigenvalue weighted by atomic mass is 79.9. The molecule has 0 radical (unpaired) electrons. The van der Waals surface area contributed by atoms with Gasteiger partial charge in [0.05, 0.1) is 17.6 Å². The second-order valence-corrected chi connectivity index (χ2v) is 5.20. The van der Waals surface area contributed by atoms with Crippen molar-refractivity contribution in [2.75, 3.05) is 19.0 Å². The number of carbonyl (C=O) groups is 1. The minimum absolute atomic E-state index is 0.0110. The lowest BCUT2D eigenvalue weighted by Crippen LogP contribution is -2.28. The molecule has 7 heteroatoms. The second kappa shape index (κ2) is 7.84. The summed E-state index contributed by atoms with van der Waals surface area (Å²) in [6, 6.07) is 4.29. The summed E-state index contributed by atoms with van der Waals surface area (Å²) in [5.41, 5.74) is -0.0404. The van der Waals surface area contributed by atoms with Gasteiger partial charge in [-0.3, -0.25) is 14.9 Å². The normalized spacial score (nSPS) is 11.8. The molecular weight excluding hydrogens is 328 g/mol. The monoisotopic (exact) mass is 344 g/mol. The van der Waals surface area contributed by atoms with Gasteiger partial charge < -0.3 is 10.1 Å². The predicted octanol–water partition coefficient (Wildman–Crippen LogP) is 2.75. The van der Waals surface area contributed by atoms with E-state index in [0.29, 0.717) is 12.5 Å². The number of benzene rings is 1. The van der Waals surface area contributed by atoms with E-state index in [0.717, 1.165) is 11.8 Å². The van der Waals surface area contributed by atoms with E-state index in [1.54, 1.807) is 0 Å². The summed E-state index contributed by atoms with van der Waals surface area (Å²) in [4.78, 5) is 22.4. The first-order chi connectivity index (χ1) is 9.51. The number of nitro benzene ring substituents is 1. The molecular formula is C13H17BrN2O4. The Labute approximate surface area is 125 Å². The van der Waals surface area contributed by atoms with Gasteiger partial charge in [-0.1, -0.05) is 28.9 Å². The van der Waals surface area contributed by atoms with Crippen LogP contribution in [0.4, 0.5) is 5.69 Å². The highest BCUT2D eigenvalue weighted by Crippen LogP contribution is 2.30. The van der Waals surface area contributed by atoms with E-state index in [-0.39, 0.29) is 22.9 Å². The Morgan fingerprint density at radius 2 is 2.25 bits per heavy atom. The number of hydrogen-bond acceptors (Lipinski definition) is 4. The molecule has 0 aliphatic carbocycles. The van der Waals surface area contributed by atoms with Crippen LogP contribution in [-0.2, 0) is 0 Å². The van der Waals surface area contributed by atoms with Crippen LogP contribution in [0.3, 0.4) is 0 Å². The molecule has 20 heavy (non-hydrogen) atoms. The van der Waals surface area contributed by atoms with Crippen molar-refractivity contribution in [1.29, 1.82) is 0 Å². The van der Waals surface area contributed by atoms with Gasteiger partial charge in [0.2, 0.25) is 5.75 Å². The van der Waals surface area contributed by atoms with Crippen molar-refractivity contribution >= 4 is 27.5 Å². The highest BCUT2D eigenvalue weighted by Gasteiger charge is 2.22. The van der Waals surface area contributed by atoms with Crippen molar-refractivity contribution in [2.24, 2.45) is 5.92 Å². The van der Waals surface area contributed by atoms with Crippen LogP contribution in [-0.4, -0.2) is 29.8 Å². The van der Waals surface area contributed by atoms with Crippen LogP contribution in [0, 0.1) is 16.0 Å². The lowest BCUT2D eigenvalue weighted by Gasteiger charge is -2.12. The Morgan fingerprint density at radius 3 is 2.80 bits per heavy atom. The fraction of sp³-hybridized carbons (Fsp3) is 0.462. The van der Waals surface area contributed by atoms with Crippen LogP contribution in [0.25, 0.3) is 0 Å². The van der Waals surface area contributed by atoms with Crippen LogP contribution < -0.4 is 10.1 Å². The largest absolute Gasteiger partial charge is 0.490 e. The number of para-hydroxylation sites is 1. The summed E-state index contributed by atoms with van der Waals surface area (Å²) in [7, 11) is 1.31. The molecule has 1 atom stereocenters. The topological polar surface area (TPSA) is 81.5 Å². The maximum absolute atomic E-state index is 12.1. The zero-order chi connectivity index (χ0) is 15.1. The molecule has 0 aliphatic heterocycles. The number of halogens is 1. The minimum atomic E-state index is -0.566. The van der Waals surface area contributed by atoms with Gasteiger partial charge in [-0.15, -0.1) is 0 Å². The molecule has 1 amide bonds. The van der Waals surface area contributed by atoms with Gasteiger partial charge in [0.15, 0.2) is 0 Å². The van der Waals surface area contributed by atoms with Crippen molar-refractivity contribution in [3.8, 4) is 5.75 Å². The molecule has 1 unspecified atom stereocenters. The van der Waals surface area contributed by atoms with Crippen molar-refractivity contribution in [1.82, 2.24) is 5.32 Å². The molecule has 1 N–H and O–H groups in total. The number of nitrogens with zero attached hydrogens (tertiary/aromatic N) is 1. The summed E-state index contributed by atoms with van der Waals surface area (Å²) < 4.78 is 5.00.